The van der Waals surface area contributed by atoms with E-state index in [0.717, 1.165) is 94.7 Å². The Bertz CT molecular complexity index is 1380. The lowest BCUT2D eigenvalue weighted by Crippen LogP contribution is -2.31. The lowest BCUT2D eigenvalue weighted by Gasteiger charge is -2.23. The average Bonchev–Trinajstić information content (AvgIpc) is 3.23. The standard InChI is InChI=1S/C28H45NO5.C16H24O3.C3H4O2/c1-5-12-24(4)17-19-29(18-6-2)20-23-34-28(31)25-13-15-26(16-14-25)32-21-10-8-9-11-22-33-27(30)7-3;1-3-5-6-7-13-18-15-10-8-14(9-11-15)16(17)19-12-4-2;1-2-3(4)5/h7,13-16,24H,3,5-6,8-12,17-23H2,1-2,4H3;8-11H,3-7,12-13H2,1-2H3;2H,1H2,(H,4,5). The fourth-order valence-corrected chi connectivity index (χ4v) is 5.39. The zero-order chi connectivity index (χ0) is 43.2. The molecule has 2 aromatic carbocycles. The third-order valence-corrected chi connectivity index (χ3v) is 8.68. The first-order valence-electron chi connectivity index (χ1n) is 21.2. The SMILES string of the molecule is C=CC(=O)O.C=CC(=O)OCCCCCCOc1ccc(C(=O)OCCN(CCC)CCC(C)CCC)cc1.CCCCCCOc1ccc(C(=O)OCCC)cc1. The largest absolute Gasteiger partial charge is 0.494 e. The maximum Gasteiger partial charge on any atom is 0.338 e. The number of carbonyl (C=O) groups is 4. The van der Waals surface area contributed by atoms with Gasteiger partial charge in [0, 0.05) is 18.7 Å². The van der Waals surface area contributed by atoms with Crippen LogP contribution in [0.4, 0.5) is 0 Å². The van der Waals surface area contributed by atoms with Crippen LogP contribution in [0.25, 0.3) is 0 Å². The van der Waals surface area contributed by atoms with E-state index in [1.165, 1.54) is 44.6 Å². The lowest BCUT2D eigenvalue weighted by atomic mass is 10.0. The van der Waals surface area contributed by atoms with E-state index in [1.807, 2.05) is 31.2 Å². The zero-order valence-electron chi connectivity index (χ0n) is 36.2. The van der Waals surface area contributed by atoms with Crippen molar-refractivity contribution in [1.82, 2.24) is 4.90 Å². The molecule has 11 heteroatoms. The van der Waals surface area contributed by atoms with Gasteiger partial charge in [0.1, 0.15) is 18.1 Å². The maximum atomic E-state index is 12.4. The molecular formula is C47H73NO10. The molecule has 0 aliphatic heterocycles. The van der Waals surface area contributed by atoms with Crippen molar-refractivity contribution >= 4 is 23.9 Å². The fraction of sp³-hybridized carbons (Fsp3) is 0.574. The number of carboxylic acid groups (broad SMARTS) is 1. The number of ether oxygens (including phenoxy) is 5. The summed E-state index contributed by atoms with van der Waals surface area (Å²) in [6.45, 7) is 22.7. The molecule has 2 rings (SSSR count). The number of rotatable bonds is 30. The van der Waals surface area contributed by atoms with Gasteiger partial charge in [-0.1, -0.05) is 79.9 Å². The summed E-state index contributed by atoms with van der Waals surface area (Å²) in [7, 11) is 0. The molecule has 0 amide bonds. The van der Waals surface area contributed by atoms with Gasteiger partial charge in [-0.05, 0) is 119 Å². The van der Waals surface area contributed by atoms with Gasteiger partial charge >= 0.3 is 23.9 Å². The summed E-state index contributed by atoms with van der Waals surface area (Å²) in [6.07, 6.45) is 16.1. The van der Waals surface area contributed by atoms with E-state index in [-0.39, 0.29) is 17.9 Å². The first-order valence-corrected chi connectivity index (χ1v) is 21.2. The van der Waals surface area contributed by atoms with Crippen molar-refractivity contribution in [2.24, 2.45) is 5.92 Å². The molecular weight excluding hydrogens is 739 g/mol. The second kappa shape index (κ2) is 36.7. The molecule has 0 heterocycles. The van der Waals surface area contributed by atoms with E-state index in [2.05, 4.69) is 45.8 Å². The molecule has 0 saturated carbocycles. The first-order chi connectivity index (χ1) is 28.0. The third kappa shape index (κ3) is 29.6. The number of carboxylic acids is 1. The van der Waals surface area contributed by atoms with Gasteiger partial charge in [0.05, 0.1) is 37.6 Å². The minimum absolute atomic E-state index is 0.267. The second-order valence-electron chi connectivity index (χ2n) is 13.9. The monoisotopic (exact) mass is 812 g/mol. The topological polar surface area (TPSA) is 138 Å². The van der Waals surface area contributed by atoms with Crippen molar-refractivity contribution in [3.63, 3.8) is 0 Å². The van der Waals surface area contributed by atoms with Gasteiger partial charge in [-0.2, -0.15) is 0 Å². The molecule has 1 unspecified atom stereocenters. The highest BCUT2D eigenvalue weighted by Gasteiger charge is 2.11. The van der Waals surface area contributed by atoms with Crippen LogP contribution in [0.2, 0.25) is 0 Å². The van der Waals surface area contributed by atoms with Crippen molar-refractivity contribution in [3.8, 4) is 11.5 Å². The Labute approximate surface area is 349 Å². The minimum atomic E-state index is -0.981. The van der Waals surface area contributed by atoms with E-state index >= 15 is 0 Å². The molecule has 0 fully saturated rings. The lowest BCUT2D eigenvalue weighted by molar-refractivity contribution is -0.138. The summed E-state index contributed by atoms with van der Waals surface area (Å²) in [4.78, 5) is 46.5. The molecule has 0 aliphatic carbocycles. The highest BCUT2D eigenvalue weighted by atomic mass is 16.5. The van der Waals surface area contributed by atoms with Crippen molar-refractivity contribution < 1.29 is 48.0 Å². The van der Waals surface area contributed by atoms with Crippen LogP contribution < -0.4 is 9.47 Å². The number of hydrogen-bond acceptors (Lipinski definition) is 10. The van der Waals surface area contributed by atoms with Gasteiger partial charge in [0.2, 0.25) is 0 Å². The highest BCUT2D eigenvalue weighted by molar-refractivity contribution is 5.90. The van der Waals surface area contributed by atoms with Gasteiger partial charge in [-0.25, -0.2) is 19.2 Å². The molecule has 58 heavy (non-hydrogen) atoms. The van der Waals surface area contributed by atoms with Crippen LogP contribution in [-0.4, -0.2) is 86.6 Å². The van der Waals surface area contributed by atoms with Crippen molar-refractivity contribution in [3.05, 3.63) is 85.0 Å². The van der Waals surface area contributed by atoms with Gasteiger partial charge in [0.25, 0.3) is 0 Å². The third-order valence-electron chi connectivity index (χ3n) is 8.68. The van der Waals surface area contributed by atoms with Crippen LogP contribution in [0.15, 0.2) is 73.8 Å². The molecule has 0 aliphatic rings. The number of carbonyl (C=O) groups excluding carboxylic acids is 3. The van der Waals surface area contributed by atoms with Crippen LogP contribution in [0.3, 0.4) is 0 Å². The fourth-order valence-electron chi connectivity index (χ4n) is 5.39. The number of unbranched alkanes of at least 4 members (excludes halogenated alkanes) is 6. The Morgan fingerprint density at radius 2 is 1.07 bits per heavy atom. The van der Waals surface area contributed by atoms with Crippen molar-refractivity contribution in [2.75, 3.05) is 52.7 Å². The van der Waals surface area contributed by atoms with Crippen LogP contribution in [-0.2, 0) is 23.8 Å². The summed E-state index contributed by atoms with van der Waals surface area (Å²) >= 11 is 0. The van der Waals surface area contributed by atoms with E-state index in [9.17, 15) is 19.2 Å². The van der Waals surface area contributed by atoms with Crippen molar-refractivity contribution in [2.45, 2.75) is 118 Å². The van der Waals surface area contributed by atoms with Crippen molar-refractivity contribution in [1.29, 1.82) is 0 Å². The van der Waals surface area contributed by atoms with Gasteiger partial charge in [-0.15, -0.1) is 0 Å². The van der Waals surface area contributed by atoms with Crippen LogP contribution in [0.1, 0.15) is 139 Å². The van der Waals surface area contributed by atoms with E-state index in [0.29, 0.717) is 37.6 Å². The summed E-state index contributed by atoms with van der Waals surface area (Å²) in [5, 5.41) is 7.60. The smallest absolute Gasteiger partial charge is 0.338 e. The Morgan fingerprint density at radius 3 is 1.52 bits per heavy atom. The molecule has 0 bridgehead atoms. The Kier molecular flexibility index (Phi) is 33.7. The number of aliphatic carboxylic acids is 1. The van der Waals surface area contributed by atoms with E-state index in [4.69, 9.17) is 28.8 Å². The Hall–Kier alpha value is -4.64. The van der Waals surface area contributed by atoms with Crippen LogP contribution in [0, 0.1) is 5.92 Å². The van der Waals surface area contributed by atoms with Gasteiger partial charge in [0.15, 0.2) is 0 Å². The number of esters is 3. The predicted molar refractivity (Wildman–Crippen MR) is 232 cm³/mol. The summed E-state index contributed by atoms with van der Waals surface area (Å²) in [5.41, 5.74) is 1.12. The molecule has 1 N–H and O–H groups in total. The van der Waals surface area contributed by atoms with E-state index in [1.54, 1.807) is 24.3 Å². The molecule has 326 valence electrons. The molecule has 0 radical (unpaired) electrons. The molecule has 0 aromatic heterocycles. The molecule has 0 spiro atoms. The number of benzene rings is 2. The van der Waals surface area contributed by atoms with Crippen LogP contribution >= 0.6 is 0 Å². The zero-order valence-corrected chi connectivity index (χ0v) is 36.2. The van der Waals surface area contributed by atoms with Gasteiger partial charge in [-0.3, -0.25) is 4.90 Å². The Balaban J connectivity index is 0.00000113. The minimum Gasteiger partial charge on any atom is -0.494 e. The molecule has 0 saturated heterocycles. The number of hydrogen-bond donors (Lipinski definition) is 1. The average molecular weight is 812 g/mol. The molecule has 11 nitrogen and oxygen atoms in total. The van der Waals surface area contributed by atoms with E-state index < -0.39 is 5.97 Å². The maximum absolute atomic E-state index is 12.4. The number of nitrogens with zero attached hydrogens (tertiary/aromatic N) is 1. The molecule has 2 aromatic rings. The summed E-state index contributed by atoms with van der Waals surface area (Å²) in [6, 6.07) is 14.3. The summed E-state index contributed by atoms with van der Waals surface area (Å²) in [5.74, 6) is 0.374. The normalized spacial score (nSPS) is 10.8. The molecule has 1 atom stereocenters. The van der Waals surface area contributed by atoms with Gasteiger partial charge < -0.3 is 28.8 Å². The first kappa shape index (κ1) is 53.4. The quantitative estimate of drug-likeness (QED) is 0.0349. The Morgan fingerprint density at radius 1 is 0.569 bits per heavy atom. The van der Waals surface area contributed by atoms with Crippen LogP contribution in [0.5, 0.6) is 11.5 Å². The highest BCUT2D eigenvalue weighted by Crippen LogP contribution is 2.16. The predicted octanol–water partition coefficient (Wildman–Crippen LogP) is 10.5. The summed E-state index contributed by atoms with van der Waals surface area (Å²) < 4.78 is 26.9. The second-order valence-corrected chi connectivity index (χ2v) is 13.9.